The Morgan fingerprint density at radius 1 is 1.10 bits per heavy atom. The largest absolute Gasteiger partial charge is 0.356 e. The summed E-state index contributed by atoms with van der Waals surface area (Å²) < 4.78 is 7.56. The van der Waals surface area contributed by atoms with Crippen LogP contribution in [0.5, 0.6) is 0 Å². The van der Waals surface area contributed by atoms with Crippen molar-refractivity contribution in [1.82, 2.24) is 29.6 Å². The lowest BCUT2D eigenvalue weighted by molar-refractivity contribution is -0.133. The van der Waals surface area contributed by atoms with Gasteiger partial charge in [0.05, 0.1) is 29.2 Å². The van der Waals surface area contributed by atoms with Gasteiger partial charge < -0.3 is 9.42 Å². The van der Waals surface area contributed by atoms with Crippen LogP contribution < -0.4 is 0 Å². The van der Waals surface area contributed by atoms with E-state index in [2.05, 4.69) is 15.0 Å². The standard InChI is InChI=1S/C23H30N6O2/c1-16-12-21-24-13-19(20-11-17(2)26-31-20)23(29(21)25-16)18-7-6-8-27(14-18)15-22(30)28-9-4-3-5-10-28/h11-13,18H,3-10,14-15H2,1-2H3. The van der Waals surface area contributed by atoms with Gasteiger partial charge in [0.1, 0.15) is 0 Å². The normalized spacial score (nSPS) is 20.5. The van der Waals surface area contributed by atoms with Crippen LogP contribution in [-0.2, 0) is 4.79 Å². The van der Waals surface area contributed by atoms with Gasteiger partial charge in [-0.1, -0.05) is 5.16 Å². The van der Waals surface area contributed by atoms with E-state index >= 15 is 0 Å². The van der Waals surface area contributed by atoms with E-state index < -0.39 is 0 Å². The number of fused-ring (bicyclic) bond motifs is 1. The van der Waals surface area contributed by atoms with E-state index in [1.54, 1.807) is 0 Å². The molecule has 2 fully saturated rings. The molecule has 8 nitrogen and oxygen atoms in total. The molecule has 2 aliphatic rings. The van der Waals surface area contributed by atoms with Crippen molar-refractivity contribution in [3.63, 3.8) is 0 Å². The fourth-order valence-corrected chi connectivity index (χ4v) is 5.00. The fraction of sp³-hybridized carbons (Fsp3) is 0.565. The second-order valence-corrected chi connectivity index (χ2v) is 8.96. The third-order valence-electron chi connectivity index (χ3n) is 6.50. The first kappa shape index (κ1) is 20.2. The van der Waals surface area contributed by atoms with Gasteiger partial charge in [-0.2, -0.15) is 5.10 Å². The highest BCUT2D eigenvalue weighted by atomic mass is 16.5. The number of likely N-dealkylation sites (tertiary alicyclic amines) is 2. The lowest BCUT2D eigenvalue weighted by Gasteiger charge is -2.35. The molecule has 1 amide bonds. The van der Waals surface area contributed by atoms with Crippen LogP contribution >= 0.6 is 0 Å². The zero-order chi connectivity index (χ0) is 21.4. The van der Waals surface area contributed by atoms with Crippen LogP contribution in [0.25, 0.3) is 17.0 Å². The molecule has 0 aliphatic carbocycles. The topological polar surface area (TPSA) is 79.8 Å². The minimum absolute atomic E-state index is 0.244. The number of carbonyl (C=O) groups excluding carboxylic acids is 1. The van der Waals surface area contributed by atoms with E-state index in [1.807, 2.05) is 41.6 Å². The summed E-state index contributed by atoms with van der Waals surface area (Å²) in [4.78, 5) is 21.8. The van der Waals surface area contributed by atoms with Crippen LogP contribution in [0.3, 0.4) is 0 Å². The maximum Gasteiger partial charge on any atom is 0.236 e. The summed E-state index contributed by atoms with van der Waals surface area (Å²) in [6.07, 6.45) is 7.47. The van der Waals surface area contributed by atoms with Gasteiger partial charge in [-0.3, -0.25) is 9.69 Å². The Morgan fingerprint density at radius 3 is 2.71 bits per heavy atom. The molecule has 1 atom stereocenters. The van der Waals surface area contributed by atoms with Crippen LogP contribution in [-0.4, -0.2) is 68.2 Å². The van der Waals surface area contributed by atoms with Crippen molar-refractivity contribution < 1.29 is 9.32 Å². The molecular formula is C23H30N6O2. The molecule has 2 saturated heterocycles. The molecule has 0 bridgehead atoms. The highest BCUT2D eigenvalue weighted by molar-refractivity contribution is 5.78. The smallest absolute Gasteiger partial charge is 0.236 e. The first-order chi connectivity index (χ1) is 15.1. The van der Waals surface area contributed by atoms with Gasteiger partial charge in [0.2, 0.25) is 5.91 Å². The summed E-state index contributed by atoms with van der Waals surface area (Å²) >= 11 is 0. The molecule has 0 spiro atoms. The molecule has 0 N–H and O–H groups in total. The Kier molecular flexibility index (Phi) is 5.48. The van der Waals surface area contributed by atoms with E-state index in [0.717, 1.165) is 85.9 Å². The van der Waals surface area contributed by atoms with Gasteiger partial charge >= 0.3 is 0 Å². The number of piperidine rings is 2. The van der Waals surface area contributed by atoms with E-state index in [9.17, 15) is 4.79 Å². The van der Waals surface area contributed by atoms with Gasteiger partial charge in [-0.25, -0.2) is 9.50 Å². The molecule has 0 saturated carbocycles. The first-order valence-corrected chi connectivity index (χ1v) is 11.4. The van der Waals surface area contributed by atoms with Gasteiger partial charge in [0.15, 0.2) is 11.4 Å². The summed E-state index contributed by atoms with van der Waals surface area (Å²) in [7, 11) is 0. The first-order valence-electron chi connectivity index (χ1n) is 11.4. The molecule has 2 aliphatic heterocycles. The Balaban J connectivity index is 1.44. The molecule has 5 rings (SSSR count). The molecular weight excluding hydrogens is 392 g/mol. The number of rotatable bonds is 4. The van der Waals surface area contributed by atoms with Crippen LogP contribution in [0.2, 0.25) is 0 Å². The van der Waals surface area contributed by atoms with Crippen molar-refractivity contribution in [2.45, 2.75) is 51.9 Å². The summed E-state index contributed by atoms with van der Waals surface area (Å²) in [6, 6.07) is 3.95. The number of hydrogen-bond acceptors (Lipinski definition) is 6. The summed E-state index contributed by atoms with van der Waals surface area (Å²) in [5.74, 6) is 1.23. The lowest BCUT2D eigenvalue weighted by Crippen LogP contribution is -2.45. The number of nitrogens with zero attached hydrogens (tertiary/aromatic N) is 6. The van der Waals surface area contributed by atoms with E-state index in [1.165, 1.54) is 6.42 Å². The Bertz CT molecular complexity index is 1080. The third-order valence-corrected chi connectivity index (χ3v) is 6.50. The van der Waals surface area contributed by atoms with Crippen molar-refractivity contribution in [1.29, 1.82) is 0 Å². The predicted molar refractivity (Wildman–Crippen MR) is 117 cm³/mol. The molecule has 5 heterocycles. The Hall–Kier alpha value is -2.74. The molecule has 8 heteroatoms. The van der Waals surface area contributed by atoms with E-state index in [0.29, 0.717) is 6.54 Å². The fourth-order valence-electron chi connectivity index (χ4n) is 5.00. The average molecular weight is 423 g/mol. The van der Waals surface area contributed by atoms with Gasteiger partial charge in [0, 0.05) is 43.9 Å². The van der Waals surface area contributed by atoms with Crippen molar-refractivity contribution in [3.8, 4) is 11.3 Å². The second kappa shape index (κ2) is 8.42. The molecule has 0 radical (unpaired) electrons. The maximum absolute atomic E-state index is 12.8. The van der Waals surface area contributed by atoms with Crippen molar-refractivity contribution in [2.24, 2.45) is 0 Å². The maximum atomic E-state index is 12.8. The van der Waals surface area contributed by atoms with Crippen LogP contribution in [0.1, 0.15) is 55.1 Å². The molecule has 3 aromatic rings. The average Bonchev–Trinajstić information content (AvgIpc) is 3.38. The van der Waals surface area contributed by atoms with Gasteiger partial charge in [0.25, 0.3) is 0 Å². The van der Waals surface area contributed by atoms with Crippen LogP contribution in [0.15, 0.2) is 22.9 Å². The SMILES string of the molecule is Cc1cc(-c2cnc3cc(C)nn3c2C2CCCN(CC(=O)N3CCCCC3)C2)on1. The molecule has 31 heavy (non-hydrogen) atoms. The predicted octanol–water partition coefficient (Wildman–Crippen LogP) is 3.19. The highest BCUT2D eigenvalue weighted by Gasteiger charge is 2.30. The van der Waals surface area contributed by atoms with Crippen LogP contribution in [0.4, 0.5) is 0 Å². The molecule has 1 unspecified atom stereocenters. The zero-order valence-corrected chi connectivity index (χ0v) is 18.4. The minimum atomic E-state index is 0.244. The number of hydrogen-bond donors (Lipinski definition) is 0. The summed E-state index contributed by atoms with van der Waals surface area (Å²) in [5.41, 5.74) is 4.66. The zero-order valence-electron chi connectivity index (χ0n) is 18.4. The number of aromatic nitrogens is 4. The van der Waals surface area contributed by atoms with Crippen molar-refractivity contribution in [2.75, 3.05) is 32.7 Å². The van der Waals surface area contributed by atoms with E-state index in [4.69, 9.17) is 9.62 Å². The van der Waals surface area contributed by atoms with Crippen molar-refractivity contribution >= 4 is 11.6 Å². The number of amides is 1. The number of carbonyl (C=O) groups is 1. The van der Waals surface area contributed by atoms with Gasteiger partial charge in [-0.05, 0) is 52.5 Å². The van der Waals surface area contributed by atoms with Crippen LogP contribution in [0, 0.1) is 13.8 Å². The van der Waals surface area contributed by atoms with Gasteiger partial charge in [-0.15, -0.1) is 0 Å². The molecule has 164 valence electrons. The summed E-state index contributed by atoms with van der Waals surface area (Å²) in [6.45, 7) is 8.01. The second-order valence-electron chi connectivity index (χ2n) is 8.96. The monoisotopic (exact) mass is 422 g/mol. The number of aryl methyl sites for hydroxylation is 2. The molecule has 3 aromatic heterocycles. The third kappa shape index (κ3) is 4.08. The highest BCUT2D eigenvalue weighted by Crippen LogP contribution is 2.35. The summed E-state index contributed by atoms with van der Waals surface area (Å²) in [5, 5.41) is 8.82. The lowest BCUT2D eigenvalue weighted by atomic mass is 9.91. The Morgan fingerprint density at radius 2 is 1.94 bits per heavy atom. The quantitative estimate of drug-likeness (QED) is 0.642. The van der Waals surface area contributed by atoms with E-state index in [-0.39, 0.29) is 11.8 Å². The van der Waals surface area contributed by atoms with Crippen molar-refractivity contribution in [3.05, 3.63) is 35.4 Å². The Labute approximate surface area is 182 Å². The minimum Gasteiger partial charge on any atom is -0.356 e. The molecule has 0 aromatic carbocycles.